The summed E-state index contributed by atoms with van der Waals surface area (Å²) in [6.07, 6.45) is 8.85. The van der Waals surface area contributed by atoms with Crippen molar-refractivity contribution < 1.29 is 38.0 Å². The van der Waals surface area contributed by atoms with Crippen LogP contribution >= 0.6 is 11.6 Å². The van der Waals surface area contributed by atoms with E-state index in [1.165, 1.54) is 32.1 Å². The molecule has 0 aromatic heterocycles. The summed E-state index contributed by atoms with van der Waals surface area (Å²) in [6, 6.07) is 0. The third-order valence-electron chi connectivity index (χ3n) is 4.56. The van der Waals surface area contributed by atoms with Crippen molar-refractivity contribution in [2.75, 3.05) is 91.8 Å². The van der Waals surface area contributed by atoms with E-state index in [4.69, 9.17) is 44.8 Å². The van der Waals surface area contributed by atoms with Crippen LogP contribution in [0.5, 0.6) is 0 Å². The molecule has 8 nitrogen and oxygen atoms in total. The van der Waals surface area contributed by atoms with Crippen LogP contribution in [0.15, 0.2) is 0 Å². The minimum Gasteiger partial charge on any atom is -0.463 e. The first-order chi connectivity index (χ1) is 16.3. The molecule has 9 heteroatoms. The van der Waals surface area contributed by atoms with E-state index in [0.717, 1.165) is 12.8 Å². The minimum absolute atomic E-state index is 0.134. The van der Waals surface area contributed by atoms with Crippen molar-refractivity contribution in [3.05, 3.63) is 0 Å². The molecule has 33 heavy (non-hydrogen) atoms. The van der Waals surface area contributed by atoms with Gasteiger partial charge in [-0.3, -0.25) is 4.79 Å². The van der Waals surface area contributed by atoms with Crippen LogP contribution in [0.25, 0.3) is 0 Å². The molecule has 0 aromatic rings. The molecule has 0 aliphatic heterocycles. The lowest BCUT2D eigenvalue weighted by molar-refractivity contribution is -0.145. The van der Waals surface area contributed by atoms with Gasteiger partial charge in [0.05, 0.1) is 79.3 Å². The number of hydrogen-bond acceptors (Lipinski definition) is 8. The normalized spacial score (nSPS) is 11.2. The number of unbranched alkanes of at least 4 members (excludes halogenated alkanes) is 6. The molecule has 0 saturated heterocycles. The Morgan fingerprint density at radius 1 is 0.515 bits per heavy atom. The van der Waals surface area contributed by atoms with Gasteiger partial charge in [-0.25, -0.2) is 0 Å². The molecule has 0 atom stereocenters. The number of hydrogen-bond donors (Lipinski definition) is 0. The van der Waals surface area contributed by atoms with Crippen LogP contribution in [0.1, 0.15) is 58.3 Å². The van der Waals surface area contributed by atoms with E-state index in [1.54, 1.807) is 0 Å². The van der Waals surface area contributed by atoms with E-state index in [1.807, 2.05) is 0 Å². The van der Waals surface area contributed by atoms with Crippen molar-refractivity contribution in [1.29, 1.82) is 0 Å². The molecule has 0 amide bonds. The number of rotatable bonds is 28. The van der Waals surface area contributed by atoms with Crippen LogP contribution in [0.4, 0.5) is 0 Å². The number of alkyl halides is 1. The molecule has 0 radical (unpaired) electrons. The highest BCUT2D eigenvalue weighted by molar-refractivity contribution is 6.17. The second kappa shape index (κ2) is 29.6. The Morgan fingerprint density at radius 2 is 0.879 bits per heavy atom. The van der Waals surface area contributed by atoms with Crippen molar-refractivity contribution in [3.8, 4) is 0 Å². The maximum absolute atomic E-state index is 11.6. The lowest BCUT2D eigenvalue weighted by Gasteiger charge is -2.08. The number of carbonyl (C=O) groups is 1. The lowest BCUT2D eigenvalue weighted by atomic mass is 10.1. The molecule has 0 spiro atoms. The molecule has 0 unspecified atom stereocenters. The molecule has 0 aliphatic rings. The van der Waals surface area contributed by atoms with Crippen LogP contribution in [-0.2, 0) is 38.0 Å². The summed E-state index contributed by atoms with van der Waals surface area (Å²) < 4.78 is 37.3. The largest absolute Gasteiger partial charge is 0.463 e. The summed E-state index contributed by atoms with van der Waals surface area (Å²) in [7, 11) is 0. The van der Waals surface area contributed by atoms with Crippen LogP contribution in [0, 0.1) is 0 Å². The molecular formula is C24H47ClO8. The van der Waals surface area contributed by atoms with Gasteiger partial charge in [-0.15, -0.1) is 11.6 Å². The van der Waals surface area contributed by atoms with Crippen molar-refractivity contribution >= 4 is 17.6 Å². The molecular weight excluding hydrogens is 452 g/mol. The zero-order valence-electron chi connectivity index (χ0n) is 20.7. The van der Waals surface area contributed by atoms with Crippen LogP contribution < -0.4 is 0 Å². The Labute approximate surface area is 205 Å². The van der Waals surface area contributed by atoms with E-state index in [2.05, 4.69) is 6.92 Å². The Kier molecular flexibility index (Phi) is 29.1. The molecule has 0 fully saturated rings. The van der Waals surface area contributed by atoms with Gasteiger partial charge in [0, 0.05) is 12.3 Å². The zero-order chi connectivity index (χ0) is 24.1. The van der Waals surface area contributed by atoms with Crippen LogP contribution in [0.3, 0.4) is 0 Å². The number of halogens is 1. The fourth-order valence-electron chi connectivity index (χ4n) is 2.77. The molecule has 0 aliphatic carbocycles. The van der Waals surface area contributed by atoms with Gasteiger partial charge in [0.1, 0.15) is 6.61 Å². The average molecular weight is 499 g/mol. The quantitative estimate of drug-likeness (QED) is 0.0909. The molecule has 0 aromatic carbocycles. The summed E-state index contributed by atoms with van der Waals surface area (Å²) in [5.41, 5.74) is 0. The van der Waals surface area contributed by atoms with Gasteiger partial charge in [-0.2, -0.15) is 0 Å². The second-order valence-corrected chi connectivity index (χ2v) is 7.83. The molecule has 198 valence electrons. The highest BCUT2D eigenvalue weighted by Gasteiger charge is 2.02. The van der Waals surface area contributed by atoms with Crippen molar-refractivity contribution in [2.45, 2.75) is 58.3 Å². The maximum Gasteiger partial charge on any atom is 0.305 e. The van der Waals surface area contributed by atoms with Crippen LogP contribution in [0.2, 0.25) is 0 Å². The highest BCUT2D eigenvalue weighted by Crippen LogP contribution is 2.08. The van der Waals surface area contributed by atoms with Gasteiger partial charge in [0.2, 0.25) is 0 Å². The van der Waals surface area contributed by atoms with E-state index in [0.29, 0.717) is 98.2 Å². The van der Waals surface area contributed by atoms with Gasteiger partial charge >= 0.3 is 5.97 Å². The molecule has 0 bridgehead atoms. The van der Waals surface area contributed by atoms with Gasteiger partial charge in [0.15, 0.2) is 0 Å². The number of esters is 1. The predicted octanol–water partition coefficient (Wildman–Crippen LogP) is 4.01. The fourth-order valence-corrected chi connectivity index (χ4v) is 2.88. The topological polar surface area (TPSA) is 81.7 Å². The zero-order valence-corrected chi connectivity index (χ0v) is 21.5. The van der Waals surface area contributed by atoms with Gasteiger partial charge in [-0.1, -0.05) is 45.4 Å². The highest BCUT2D eigenvalue weighted by atomic mass is 35.5. The molecule has 0 N–H and O–H groups in total. The summed E-state index contributed by atoms with van der Waals surface area (Å²) in [5.74, 6) is 0.366. The van der Waals surface area contributed by atoms with E-state index in [-0.39, 0.29) is 5.97 Å². The van der Waals surface area contributed by atoms with Gasteiger partial charge < -0.3 is 33.2 Å². The molecule has 0 heterocycles. The lowest BCUT2D eigenvalue weighted by Crippen LogP contribution is -2.15. The number of ether oxygens (including phenoxy) is 7. The van der Waals surface area contributed by atoms with Crippen molar-refractivity contribution in [3.63, 3.8) is 0 Å². The molecule has 0 rings (SSSR count). The summed E-state index contributed by atoms with van der Waals surface area (Å²) >= 11 is 5.49. The minimum atomic E-state index is -0.134. The Hall–Kier alpha value is -0.480. The summed E-state index contributed by atoms with van der Waals surface area (Å²) in [4.78, 5) is 11.6. The predicted molar refractivity (Wildman–Crippen MR) is 129 cm³/mol. The van der Waals surface area contributed by atoms with Crippen molar-refractivity contribution in [2.24, 2.45) is 0 Å². The smallest absolute Gasteiger partial charge is 0.305 e. The van der Waals surface area contributed by atoms with E-state index in [9.17, 15) is 4.79 Å². The van der Waals surface area contributed by atoms with Crippen LogP contribution in [-0.4, -0.2) is 97.7 Å². The summed E-state index contributed by atoms with van der Waals surface area (Å²) in [6.45, 7) is 8.61. The third-order valence-corrected chi connectivity index (χ3v) is 4.71. The Morgan fingerprint density at radius 3 is 1.30 bits per heavy atom. The standard InChI is InChI=1S/C24H47ClO8/c1-2-3-4-5-6-7-8-9-24(26)33-23-22-32-21-20-31-19-18-30-17-16-29-15-14-28-13-12-27-11-10-25/h2-23H2,1H3. The first kappa shape index (κ1) is 32.5. The SMILES string of the molecule is CCCCCCCCCC(=O)OCCOCCOCCOCCOCCOCCOCCCl. The Balaban J connectivity index is 3.10. The monoisotopic (exact) mass is 498 g/mol. The van der Waals surface area contributed by atoms with E-state index >= 15 is 0 Å². The molecule has 0 saturated carbocycles. The van der Waals surface area contributed by atoms with Gasteiger partial charge in [0.25, 0.3) is 0 Å². The first-order valence-electron chi connectivity index (χ1n) is 12.5. The maximum atomic E-state index is 11.6. The third kappa shape index (κ3) is 29.5. The van der Waals surface area contributed by atoms with E-state index < -0.39 is 0 Å². The van der Waals surface area contributed by atoms with Crippen molar-refractivity contribution in [1.82, 2.24) is 0 Å². The average Bonchev–Trinajstić information content (AvgIpc) is 2.82. The fraction of sp³-hybridized carbons (Fsp3) is 0.958. The number of carbonyl (C=O) groups excluding carboxylic acids is 1. The first-order valence-corrected chi connectivity index (χ1v) is 13.0. The Bertz CT molecular complexity index is 387. The summed E-state index contributed by atoms with van der Waals surface area (Å²) in [5, 5.41) is 0. The van der Waals surface area contributed by atoms with Gasteiger partial charge in [-0.05, 0) is 6.42 Å². The second-order valence-electron chi connectivity index (χ2n) is 7.46.